The maximum absolute atomic E-state index is 8.59. The second-order valence-corrected chi connectivity index (χ2v) is 4.91. The van der Waals surface area contributed by atoms with Gasteiger partial charge in [0.05, 0.1) is 0 Å². The van der Waals surface area contributed by atoms with E-state index in [1.54, 1.807) is 12.3 Å². The van der Waals surface area contributed by atoms with E-state index in [9.17, 15) is 0 Å². The van der Waals surface area contributed by atoms with E-state index >= 15 is 0 Å². The van der Waals surface area contributed by atoms with Gasteiger partial charge in [0.25, 0.3) is 6.26 Å². The molecule has 0 bridgehead atoms. The zero-order chi connectivity index (χ0) is 15.5. The Kier molecular flexibility index (Phi) is 3.47. The average molecular weight is 287 g/mol. The standard InChI is InChI=1S/C18H13N3O/c19-11-22-17-3-1-2-12(10-17)13-4-5-15-9-16(18(20)21)7-6-14(15)8-13/h1-10H,(H3,20,21). The van der Waals surface area contributed by atoms with Crippen LogP contribution in [0.4, 0.5) is 0 Å². The van der Waals surface area contributed by atoms with Gasteiger partial charge in [-0.25, -0.2) is 0 Å². The van der Waals surface area contributed by atoms with Crippen molar-refractivity contribution in [3.8, 4) is 23.1 Å². The summed E-state index contributed by atoms with van der Waals surface area (Å²) in [5, 5.41) is 18.2. The number of nitrogens with two attached hydrogens (primary N) is 1. The van der Waals surface area contributed by atoms with Crippen molar-refractivity contribution in [3.63, 3.8) is 0 Å². The van der Waals surface area contributed by atoms with Crippen LogP contribution in [-0.4, -0.2) is 5.84 Å². The molecule has 22 heavy (non-hydrogen) atoms. The van der Waals surface area contributed by atoms with Gasteiger partial charge in [-0.2, -0.15) is 0 Å². The van der Waals surface area contributed by atoms with Crippen LogP contribution in [-0.2, 0) is 0 Å². The lowest BCUT2D eigenvalue weighted by Gasteiger charge is -2.07. The van der Waals surface area contributed by atoms with Crippen LogP contribution in [0.15, 0.2) is 60.7 Å². The molecule has 0 aliphatic rings. The summed E-state index contributed by atoms with van der Waals surface area (Å²) in [6.45, 7) is 0. The van der Waals surface area contributed by atoms with Gasteiger partial charge in [0.1, 0.15) is 11.6 Å². The molecule has 0 aliphatic heterocycles. The molecule has 0 unspecified atom stereocenters. The molecule has 0 spiro atoms. The molecule has 0 saturated heterocycles. The number of hydrogen-bond acceptors (Lipinski definition) is 3. The zero-order valence-corrected chi connectivity index (χ0v) is 11.7. The second kappa shape index (κ2) is 5.58. The summed E-state index contributed by atoms with van der Waals surface area (Å²) < 4.78 is 4.87. The third-order valence-corrected chi connectivity index (χ3v) is 3.48. The predicted octanol–water partition coefficient (Wildman–Crippen LogP) is 3.65. The van der Waals surface area contributed by atoms with E-state index in [4.69, 9.17) is 21.1 Å². The minimum Gasteiger partial charge on any atom is -0.388 e. The van der Waals surface area contributed by atoms with Gasteiger partial charge in [0, 0.05) is 5.56 Å². The second-order valence-electron chi connectivity index (χ2n) is 4.91. The molecule has 0 aromatic heterocycles. The van der Waals surface area contributed by atoms with Crippen molar-refractivity contribution in [2.45, 2.75) is 0 Å². The third kappa shape index (κ3) is 2.60. The first-order valence-electron chi connectivity index (χ1n) is 6.72. The van der Waals surface area contributed by atoms with Crippen molar-refractivity contribution < 1.29 is 4.74 Å². The van der Waals surface area contributed by atoms with E-state index in [2.05, 4.69) is 6.07 Å². The number of benzene rings is 3. The van der Waals surface area contributed by atoms with E-state index in [1.807, 2.05) is 48.5 Å². The normalized spacial score (nSPS) is 10.1. The number of hydrogen-bond donors (Lipinski definition) is 2. The highest BCUT2D eigenvalue weighted by molar-refractivity contribution is 5.99. The number of ether oxygens (including phenoxy) is 1. The highest BCUT2D eigenvalue weighted by Gasteiger charge is 2.04. The Hall–Kier alpha value is -3.32. The van der Waals surface area contributed by atoms with Crippen LogP contribution in [0.1, 0.15) is 5.56 Å². The first-order chi connectivity index (χ1) is 10.7. The van der Waals surface area contributed by atoms with Crippen molar-refractivity contribution in [2.24, 2.45) is 5.73 Å². The molecule has 0 fully saturated rings. The largest absolute Gasteiger partial charge is 0.388 e. The van der Waals surface area contributed by atoms with Crippen LogP contribution in [0, 0.1) is 16.9 Å². The maximum atomic E-state index is 8.59. The van der Waals surface area contributed by atoms with E-state index in [0.717, 1.165) is 21.9 Å². The molecule has 3 N–H and O–H groups in total. The summed E-state index contributed by atoms with van der Waals surface area (Å²) in [4.78, 5) is 0. The molecule has 0 atom stereocenters. The highest BCUT2D eigenvalue weighted by atomic mass is 16.5. The molecule has 0 heterocycles. The number of nitrogen functional groups attached to an aromatic ring is 1. The summed E-state index contributed by atoms with van der Waals surface area (Å²) in [5.41, 5.74) is 8.24. The van der Waals surface area contributed by atoms with Gasteiger partial charge in [-0.15, -0.1) is 5.26 Å². The lowest BCUT2D eigenvalue weighted by molar-refractivity contribution is 0.507. The lowest BCUT2D eigenvalue weighted by Crippen LogP contribution is -2.10. The van der Waals surface area contributed by atoms with Crippen LogP contribution < -0.4 is 10.5 Å². The monoisotopic (exact) mass is 287 g/mol. The van der Waals surface area contributed by atoms with Crippen LogP contribution >= 0.6 is 0 Å². The first-order valence-corrected chi connectivity index (χ1v) is 6.72. The van der Waals surface area contributed by atoms with Crippen LogP contribution in [0.5, 0.6) is 5.75 Å². The summed E-state index contributed by atoms with van der Waals surface area (Å²) >= 11 is 0. The average Bonchev–Trinajstić information content (AvgIpc) is 2.54. The molecule has 0 amide bonds. The fourth-order valence-corrected chi connectivity index (χ4v) is 2.38. The van der Waals surface area contributed by atoms with E-state index in [0.29, 0.717) is 11.3 Å². The summed E-state index contributed by atoms with van der Waals surface area (Å²) in [6.07, 6.45) is 1.68. The Morgan fingerprint density at radius 2 is 1.68 bits per heavy atom. The molecular weight excluding hydrogens is 274 g/mol. The molecule has 0 radical (unpaired) electrons. The van der Waals surface area contributed by atoms with Gasteiger partial charge in [0.15, 0.2) is 0 Å². The Morgan fingerprint density at radius 1 is 0.955 bits per heavy atom. The molecule has 3 aromatic rings. The van der Waals surface area contributed by atoms with Gasteiger partial charge in [-0.1, -0.05) is 36.4 Å². The van der Waals surface area contributed by atoms with Crippen molar-refractivity contribution in [2.75, 3.05) is 0 Å². The quantitative estimate of drug-likeness (QED) is 0.438. The maximum Gasteiger partial charge on any atom is 0.292 e. The first kappa shape index (κ1) is 13.7. The lowest BCUT2D eigenvalue weighted by atomic mass is 9.99. The van der Waals surface area contributed by atoms with Gasteiger partial charge in [0.2, 0.25) is 0 Å². The summed E-state index contributed by atoms with van der Waals surface area (Å²) in [7, 11) is 0. The van der Waals surface area contributed by atoms with E-state index in [1.165, 1.54) is 0 Å². The SMILES string of the molecule is N#COc1cccc(-c2ccc3cc(C(=N)N)ccc3c2)c1. The molecule has 0 saturated carbocycles. The van der Waals surface area contributed by atoms with Gasteiger partial charge in [-0.3, -0.25) is 5.41 Å². The fourth-order valence-electron chi connectivity index (χ4n) is 2.38. The Bertz CT molecular complexity index is 910. The number of fused-ring (bicyclic) bond motifs is 1. The fraction of sp³-hybridized carbons (Fsp3) is 0. The Balaban J connectivity index is 2.05. The summed E-state index contributed by atoms with van der Waals surface area (Å²) in [6, 6.07) is 19.1. The summed E-state index contributed by atoms with van der Waals surface area (Å²) in [5.74, 6) is 0.583. The van der Waals surface area contributed by atoms with Crippen molar-refractivity contribution in [1.29, 1.82) is 10.7 Å². The number of amidine groups is 1. The Morgan fingerprint density at radius 3 is 2.45 bits per heavy atom. The minimum absolute atomic E-state index is 0.0623. The molecule has 0 aliphatic carbocycles. The smallest absolute Gasteiger partial charge is 0.292 e. The number of rotatable bonds is 3. The van der Waals surface area contributed by atoms with Gasteiger partial charge in [-0.05, 0) is 46.2 Å². The van der Waals surface area contributed by atoms with E-state index in [-0.39, 0.29) is 5.84 Å². The third-order valence-electron chi connectivity index (χ3n) is 3.48. The minimum atomic E-state index is 0.0623. The topological polar surface area (TPSA) is 82.9 Å². The predicted molar refractivity (Wildman–Crippen MR) is 86.6 cm³/mol. The van der Waals surface area contributed by atoms with Crippen molar-refractivity contribution in [1.82, 2.24) is 0 Å². The van der Waals surface area contributed by atoms with Crippen molar-refractivity contribution in [3.05, 3.63) is 66.2 Å². The highest BCUT2D eigenvalue weighted by Crippen LogP contribution is 2.27. The molecule has 4 nitrogen and oxygen atoms in total. The molecule has 106 valence electrons. The molecule has 3 aromatic carbocycles. The molecular formula is C18H13N3O. The van der Waals surface area contributed by atoms with Gasteiger partial charge >= 0.3 is 0 Å². The van der Waals surface area contributed by atoms with Gasteiger partial charge < -0.3 is 10.5 Å². The molecule has 3 rings (SSSR count). The molecule has 4 heteroatoms. The zero-order valence-electron chi connectivity index (χ0n) is 11.7. The number of nitriles is 1. The number of nitrogens with zero attached hydrogens (tertiary/aromatic N) is 1. The van der Waals surface area contributed by atoms with Crippen LogP contribution in [0.25, 0.3) is 21.9 Å². The van der Waals surface area contributed by atoms with Crippen LogP contribution in [0.2, 0.25) is 0 Å². The van der Waals surface area contributed by atoms with Crippen molar-refractivity contribution >= 4 is 16.6 Å². The van der Waals surface area contributed by atoms with E-state index < -0.39 is 0 Å². The van der Waals surface area contributed by atoms with Crippen LogP contribution in [0.3, 0.4) is 0 Å². The number of nitrogens with one attached hydrogen (secondary N) is 1. The Labute approximate surface area is 127 Å².